The van der Waals surface area contributed by atoms with E-state index in [0.29, 0.717) is 0 Å². The second kappa shape index (κ2) is 10.3. The van der Waals surface area contributed by atoms with Crippen molar-refractivity contribution in [3.05, 3.63) is 158 Å². The Balaban J connectivity index is 0.988. The van der Waals surface area contributed by atoms with Crippen LogP contribution in [0.3, 0.4) is 0 Å². The first-order valence-corrected chi connectivity index (χ1v) is 17.5. The van der Waals surface area contributed by atoms with Gasteiger partial charge in [-0.3, -0.25) is 0 Å². The van der Waals surface area contributed by atoms with E-state index < -0.39 is 0 Å². The number of fused-ring (bicyclic) bond motifs is 14. The Labute approximate surface area is 295 Å². The van der Waals surface area contributed by atoms with E-state index in [4.69, 9.17) is 17.7 Å². The summed E-state index contributed by atoms with van der Waals surface area (Å²) in [5, 5.41) is 8.57. The summed E-state index contributed by atoms with van der Waals surface area (Å²) in [5.41, 5.74) is 13.7. The van der Waals surface area contributed by atoms with Crippen LogP contribution in [0.25, 0.3) is 121 Å². The van der Waals surface area contributed by atoms with Gasteiger partial charge >= 0.3 is 0 Å². The van der Waals surface area contributed by atoms with Crippen molar-refractivity contribution in [2.24, 2.45) is 0 Å². The zero-order valence-corrected chi connectivity index (χ0v) is 27.6. The summed E-state index contributed by atoms with van der Waals surface area (Å²) in [6, 6.07) is 54.9. The molecule has 0 aliphatic rings. The van der Waals surface area contributed by atoms with Gasteiger partial charge < -0.3 is 17.7 Å². The lowest BCUT2D eigenvalue weighted by Crippen LogP contribution is -1.82. The van der Waals surface area contributed by atoms with Gasteiger partial charge in [-0.2, -0.15) is 0 Å². The average molecular weight is 667 g/mol. The van der Waals surface area contributed by atoms with Gasteiger partial charge in [-0.25, -0.2) is 0 Å². The Hall–Kier alpha value is -7.04. The zero-order chi connectivity index (χ0) is 33.9. The van der Waals surface area contributed by atoms with E-state index in [1.54, 1.807) is 0 Å². The highest BCUT2D eigenvalue weighted by Crippen LogP contribution is 2.43. The third-order valence-corrected chi connectivity index (χ3v) is 10.7. The van der Waals surface area contributed by atoms with Gasteiger partial charge in [0.05, 0.1) is 5.39 Å². The highest BCUT2D eigenvalue weighted by Gasteiger charge is 2.19. The number of para-hydroxylation sites is 1. The van der Waals surface area contributed by atoms with Crippen LogP contribution in [0.2, 0.25) is 0 Å². The van der Waals surface area contributed by atoms with E-state index in [1.165, 1.54) is 5.56 Å². The summed E-state index contributed by atoms with van der Waals surface area (Å²) in [7, 11) is 0. The van der Waals surface area contributed by atoms with Crippen LogP contribution in [0.4, 0.5) is 0 Å². The van der Waals surface area contributed by atoms with Gasteiger partial charge in [0.15, 0.2) is 0 Å². The van der Waals surface area contributed by atoms with E-state index in [1.807, 2.05) is 30.3 Å². The predicted octanol–water partition coefficient (Wildman–Crippen LogP) is 14.3. The van der Waals surface area contributed by atoms with Crippen LogP contribution < -0.4 is 0 Å². The number of rotatable bonds is 3. The van der Waals surface area contributed by atoms with E-state index in [2.05, 4.69) is 127 Å². The van der Waals surface area contributed by atoms with Gasteiger partial charge in [-0.15, -0.1) is 0 Å². The molecule has 12 aromatic rings. The monoisotopic (exact) mass is 666 g/mol. The molecule has 0 radical (unpaired) electrons. The molecular weight excluding hydrogens is 641 g/mol. The summed E-state index contributed by atoms with van der Waals surface area (Å²) in [4.78, 5) is 0. The minimum Gasteiger partial charge on any atom is -0.456 e. The van der Waals surface area contributed by atoms with Crippen molar-refractivity contribution in [3.63, 3.8) is 0 Å². The molecular formula is C48H26O4. The Morgan fingerprint density at radius 3 is 1.40 bits per heavy atom. The van der Waals surface area contributed by atoms with Crippen LogP contribution in [0.15, 0.2) is 175 Å². The average Bonchev–Trinajstić information content (AvgIpc) is 3.96. The summed E-state index contributed by atoms with van der Waals surface area (Å²) in [6.07, 6.45) is 0. The maximum Gasteiger partial charge on any atom is 0.147 e. The van der Waals surface area contributed by atoms with Gasteiger partial charge in [-0.1, -0.05) is 84.9 Å². The molecule has 0 unspecified atom stereocenters. The van der Waals surface area contributed by atoms with Crippen LogP contribution >= 0.6 is 0 Å². The number of benzene rings is 8. The van der Waals surface area contributed by atoms with Crippen LogP contribution in [0, 0.1) is 0 Å². The standard InChI is InChI=1S/C48H26O4/c1-2-7-27(8-3-1)30-13-18-41-37(25-30)47-44(51-41)20-16-33-35-24-31(14-17-39(35)52-48(33)47)28-9-6-10-29(23-28)32-15-19-40-36(26-32)46-43(50-40)22-21-42-45(46)34-11-4-5-12-38(34)49-42/h1-26H. The fourth-order valence-corrected chi connectivity index (χ4v) is 8.23. The Morgan fingerprint density at radius 2 is 0.692 bits per heavy atom. The van der Waals surface area contributed by atoms with E-state index in [-0.39, 0.29) is 0 Å². The molecule has 8 aromatic carbocycles. The number of furan rings is 4. The second-order valence-electron chi connectivity index (χ2n) is 13.6. The van der Waals surface area contributed by atoms with Gasteiger partial charge in [0, 0.05) is 37.7 Å². The molecule has 12 rings (SSSR count). The third-order valence-electron chi connectivity index (χ3n) is 10.7. The van der Waals surface area contributed by atoms with Crippen molar-refractivity contribution in [2.75, 3.05) is 0 Å². The zero-order valence-electron chi connectivity index (χ0n) is 27.6. The van der Waals surface area contributed by atoms with Crippen LogP contribution in [-0.4, -0.2) is 0 Å². The van der Waals surface area contributed by atoms with Gasteiger partial charge in [0.2, 0.25) is 0 Å². The topological polar surface area (TPSA) is 52.6 Å². The van der Waals surface area contributed by atoms with Gasteiger partial charge in [0.1, 0.15) is 44.7 Å². The number of hydrogen-bond acceptors (Lipinski definition) is 4. The van der Waals surface area contributed by atoms with Crippen LogP contribution in [0.1, 0.15) is 0 Å². The largest absolute Gasteiger partial charge is 0.456 e. The maximum atomic E-state index is 6.61. The quantitative estimate of drug-likeness (QED) is 0.188. The van der Waals surface area contributed by atoms with Crippen LogP contribution in [-0.2, 0) is 0 Å². The molecule has 4 nitrogen and oxygen atoms in total. The van der Waals surface area contributed by atoms with E-state index >= 15 is 0 Å². The van der Waals surface area contributed by atoms with Crippen LogP contribution in [0.5, 0.6) is 0 Å². The molecule has 0 aliphatic heterocycles. The molecule has 0 atom stereocenters. The van der Waals surface area contributed by atoms with Crippen molar-refractivity contribution >= 4 is 87.8 Å². The molecule has 0 bridgehead atoms. The number of hydrogen-bond donors (Lipinski definition) is 0. The predicted molar refractivity (Wildman–Crippen MR) is 212 cm³/mol. The minimum atomic E-state index is 0.823. The molecule has 0 amide bonds. The summed E-state index contributed by atoms with van der Waals surface area (Å²) < 4.78 is 25.5. The fraction of sp³-hybridized carbons (Fsp3) is 0. The van der Waals surface area contributed by atoms with Crippen molar-refractivity contribution in [2.45, 2.75) is 0 Å². The molecule has 0 fully saturated rings. The van der Waals surface area contributed by atoms with Crippen molar-refractivity contribution in [3.8, 4) is 33.4 Å². The van der Waals surface area contributed by atoms with Gasteiger partial charge in [0.25, 0.3) is 0 Å². The van der Waals surface area contributed by atoms with Gasteiger partial charge in [-0.05, 0) is 106 Å². The molecule has 242 valence electrons. The van der Waals surface area contributed by atoms with Crippen molar-refractivity contribution in [1.29, 1.82) is 0 Å². The van der Waals surface area contributed by atoms with Crippen molar-refractivity contribution in [1.82, 2.24) is 0 Å². The molecule has 0 saturated heterocycles. The first-order chi connectivity index (χ1) is 25.7. The SMILES string of the molecule is c1ccc(-c2ccc3oc4ccc5c6cc(-c7cccc(-c8ccc9oc%10ccc%11oc%12ccccc%12c%11c%10c9c8)c7)ccc6oc5c4c3c2)cc1. The third kappa shape index (κ3) is 3.92. The highest BCUT2D eigenvalue weighted by atomic mass is 16.3. The molecule has 0 N–H and O–H groups in total. The normalized spacial score (nSPS) is 12.2. The van der Waals surface area contributed by atoms with Crippen molar-refractivity contribution < 1.29 is 17.7 Å². The first kappa shape index (κ1) is 27.7. The van der Waals surface area contributed by atoms with E-state index in [9.17, 15) is 0 Å². The molecule has 0 spiro atoms. The molecule has 4 aromatic heterocycles. The first-order valence-electron chi connectivity index (χ1n) is 17.5. The highest BCUT2D eigenvalue weighted by molar-refractivity contribution is 6.26. The molecule has 52 heavy (non-hydrogen) atoms. The molecule has 4 heteroatoms. The molecule has 0 aliphatic carbocycles. The summed E-state index contributed by atoms with van der Waals surface area (Å²) >= 11 is 0. The Bertz CT molecular complexity index is 3410. The summed E-state index contributed by atoms with van der Waals surface area (Å²) in [5.74, 6) is 0. The van der Waals surface area contributed by atoms with E-state index in [0.717, 1.165) is 116 Å². The maximum absolute atomic E-state index is 6.61. The lowest BCUT2D eigenvalue weighted by atomic mass is 9.96. The molecule has 4 heterocycles. The lowest BCUT2D eigenvalue weighted by Gasteiger charge is -2.07. The minimum absolute atomic E-state index is 0.823. The molecule has 0 saturated carbocycles. The lowest BCUT2D eigenvalue weighted by molar-refractivity contribution is 0.663. The second-order valence-corrected chi connectivity index (χ2v) is 13.6. The summed E-state index contributed by atoms with van der Waals surface area (Å²) in [6.45, 7) is 0. The Morgan fingerprint density at radius 1 is 0.231 bits per heavy atom. The fourth-order valence-electron chi connectivity index (χ4n) is 8.23. The smallest absolute Gasteiger partial charge is 0.147 e. The Kier molecular flexibility index (Phi) is 5.47.